The largest absolute Gasteiger partial charge is 0.320 e. The van der Waals surface area contributed by atoms with Gasteiger partial charge in [-0.25, -0.2) is 4.98 Å². The molecule has 0 amide bonds. The minimum atomic E-state index is -0.362. The van der Waals surface area contributed by atoms with Crippen molar-refractivity contribution >= 4 is 21.6 Å². The van der Waals surface area contributed by atoms with Crippen molar-refractivity contribution < 1.29 is 0 Å². The highest BCUT2D eigenvalue weighted by atomic mass is 32.1. The SMILES string of the molecule is CC(C)(C)c1cccc2sc(C(C)(C)N)nc12. The molecular weight excluding hydrogens is 228 g/mol. The lowest BCUT2D eigenvalue weighted by Crippen LogP contribution is -2.28. The molecule has 0 saturated heterocycles. The van der Waals surface area contributed by atoms with Crippen LogP contribution in [0.15, 0.2) is 18.2 Å². The first-order chi connectivity index (χ1) is 7.69. The van der Waals surface area contributed by atoms with Gasteiger partial charge in [-0.05, 0) is 30.9 Å². The van der Waals surface area contributed by atoms with Gasteiger partial charge >= 0.3 is 0 Å². The summed E-state index contributed by atoms with van der Waals surface area (Å²) in [5.74, 6) is 0. The van der Waals surface area contributed by atoms with E-state index in [0.717, 1.165) is 10.5 Å². The monoisotopic (exact) mass is 248 g/mol. The van der Waals surface area contributed by atoms with Crippen molar-refractivity contribution in [3.8, 4) is 0 Å². The molecule has 2 nitrogen and oxygen atoms in total. The number of nitrogens with two attached hydrogens (primary N) is 1. The van der Waals surface area contributed by atoms with Crippen LogP contribution in [-0.4, -0.2) is 4.98 Å². The molecule has 0 saturated carbocycles. The average Bonchev–Trinajstić information content (AvgIpc) is 2.57. The Morgan fingerprint density at radius 2 is 1.76 bits per heavy atom. The second-order valence-corrected chi connectivity index (χ2v) is 7.17. The van der Waals surface area contributed by atoms with Crippen LogP contribution >= 0.6 is 11.3 Å². The molecule has 2 aromatic rings. The summed E-state index contributed by atoms with van der Waals surface area (Å²) in [6, 6.07) is 6.39. The van der Waals surface area contributed by atoms with Crippen LogP contribution in [0.2, 0.25) is 0 Å². The van der Waals surface area contributed by atoms with Crippen molar-refractivity contribution in [1.29, 1.82) is 0 Å². The van der Waals surface area contributed by atoms with Gasteiger partial charge in [0.15, 0.2) is 0 Å². The van der Waals surface area contributed by atoms with Crippen LogP contribution < -0.4 is 5.73 Å². The first-order valence-electron chi connectivity index (χ1n) is 5.89. The zero-order chi connectivity index (χ0) is 12.8. The van der Waals surface area contributed by atoms with Crippen molar-refractivity contribution in [2.24, 2.45) is 5.73 Å². The van der Waals surface area contributed by atoms with Crippen molar-refractivity contribution in [1.82, 2.24) is 4.98 Å². The number of thiazole rings is 1. The maximum absolute atomic E-state index is 6.13. The van der Waals surface area contributed by atoms with E-state index in [4.69, 9.17) is 10.7 Å². The van der Waals surface area contributed by atoms with Gasteiger partial charge in [-0.2, -0.15) is 0 Å². The minimum Gasteiger partial charge on any atom is -0.320 e. The maximum Gasteiger partial charge on any atom is 0.113 e. The molecule has 0 atom stereocenters. The second kappa shape index (κ2) is 3.79. The zero-order valence-electron chi connectivity index (χ0n) is 11.2. The van der Waals surface area contributed by atoms with E-state index in [9.17, 15) is 0 Å². The van der Waals surface area contributed by atoms with Gasteiger partial charge in [0.05, 0.1) is 15.8 Å². The second-order valence-electron chi connectivity index (χ2n) is 6.14. The lowest BCUT2D eigenvalue weighted by Gasteiger charge is -2.19. The summed E-state index contributed by atoms with van der Waals surface area (Å²) in [6.07, 6.45) is 0. The Hall–Kier alpha value is -0.930. The Morgan fingerprint density at radius 3 is 2.29 bits per heavy atom. The zero-order valence-corrected chi connectivity index (χ0v) is 12.0. The van der Waals surface area contributed by atoms with Crippen molar-refractivity contribution in [3.63, 3.8) is 0 Å². The van der Waals surface area contributed by atoms with Gasteiger partial charge in [-0.3, -0.25) is 0 Å². The number of nitrogens with zero attached hydrogens (tertiary/aromatic N) is 1. The molecular formula is C14H20N2S. The number of para-hydroxylation sites is 1. The van der Waals surface area contributed by atoms with Gasteiger partial charge in [-0.1, -0.05) is 32.9 Å². The third-order valence-corrected chi connectivity index (χ3v) is 4.14. The predicted molar refractivity (Wildman–Crippen MR) is 75.5 cm³/mol. The van der Waals surface area contributed by atoms with Crippen molar-refractivity contribution in [2.45, 2.75) is 45.6 Å². The molecule has 3 heteroatoms. The van der Waals surface area contributed by atoms with Crippen molar-refractivity contribution in [3.05, 3.63) is 28.8 Å². The number of aromatic nitrogens is 1. The Morgan fingerprint density at radius 1 is 1.12 bits per heavy atom. The molecule has 2 N–H and O–H groups in total. The molecule has 0 spiro atoms. The summed E-state index contributed by atoms with van der Waals surface area (Å²) in [7, 11) is 0. The van der Waals surface area contributed by atoms with Crippen LogP contribution in [0.5, 0.6) is 0 Å². The van der Waals surface area contributed by atoms with Crippen LogP contribution in [0.3, 0.4) is 0 Å². The topological polar surface area (TPSA) is 38.9 Å². The normalized spacial score (nSPS) is 13.3. The van der Waals surface area contributed by atoms with Crippen molar-refractivity contribution in [2.75, 3.05) is 0 Å². The molecule has 0 aliphatic heterocycles. The van der Waals surface area contributed by atoms with Gasteiger partial charge in [0.1, 0.15) is 5.01 Å². The predicted octanol–water partition coefficient (Wildman–Crippen LogP) is 3.79. The molecule has 0 bridgehead atoms. The van der Waals surface area contributed by atoms with Crippen LogP contribution in [0.4, 0.5) is 0 Å². The van der Waals surface area contributed by atoms with Crippen LogP contribution in [0.1, 0.15) is 45.2 Å². The molecule has 1 heterocycles. The third-order valence-electron chi connectivity index (χ3n) is 2.78. The first kappa shape index (κ1) is 12.5. The molecule has 0 fully saturated rings. The highest BCUT2D eigenvalue weighted by Crippen LogP contribution is 2.34. The smallest absolute Gasteiger partial charge is 0.113 e. The summed E-state index contributed by atoms with van der Waals surface area (Å²) in [5, 5.41) is 1.00. The maximum atomic E-state index is 6.13. The summed E-state index contributed by atoms with van der Waals surface area (Å²) >= 11 is 1.70. The number of benzene rings is 1. The van der Waals surface area contributed by atoms with E-state index in [1.165, 1.54) is 10.3 Å². The van der Waals surface area contributed by atoms with Gasteiger partial charge in [0, 0.05) is 0 Å². The fourth-order valence-corrected chi connectivity index (χ4v) is 2.84. The van der Waals surface area contributed by atoms with E-state index >= 15 is 0 Å². The molecule has 1 aromatic carbocycles. The fraction of sp³-hybridized carbons (Fsp3) is 0.500. The van der Waals surface area contributed by atoms with E-state index in [-0.39, 0.29) is 11.0 Å². The highest BCUT2D eigenvalue weighted by molar-refractivity contribution is 7.18. The standard InChI is InChI=1S/C14H20N2S/c1-13(2,3)9-7-6-8-10-11(9)16-12(17-10)14(4,5)15/h6-8H,15H2,1-5H3. The quantitative estimate of drug-likeness (QED) is 0.834. The fourth-order valence-electron chi connectivity index (χ4n) is 1.83. The van der Waals surface area contributed by atoms with Gasteiger partial charge in [-0.15, -0.1) is 11.3 Å². The highest BCUT2D eigenvalue weighted by Gasteiger charge is 2.23. The van der Waals surface area contributed by atoms with E-state index in [1.807, 2.05) is 13.8 Å². The van der Waals surface area contributed by atoms with Gasteiger partial charge < -0.3 is 5.73 Å². The average molecular weight is 248 g/mol. The Kier molecular flexibility index (Phi) is 2.79. The van der Waals surface area contributed by atoms with Gasteiger partial charge in [0.2, 0.25) is 0 Å². The molecule has 0 radical (unpaired) electrons. The lowest BCUT2D eigenvalue weighted by atomic mass is 9.86. The molecule has 0 aliphatic carbocycles. The van der Waals surface area contributed by atoms with Gasteiger partial charge in [0.25, 0.3) is 0 Å². The Labute approximate surface area is 107 Å². The molecule has 92 valence electrons. The summed E-state index contributed by atoms with van der Waals surface area (Å²) in [4.78, 5) is 4.74. The molecule has 0 unspecified atom stereocenters. The third kappa shape index (κ3) is 2.35. The van der Waals surface area contributed by atoms with E-state index in [2.05, 4.69) is 39.0 Å². The first-order valence-corrected chi connectivity index (χ1v) is 6.70. The molecule has 17 heavy (non-hydrogen) atoms. The number of hydrogen-bond acceptors (Lipinski definition) is 3. The Bertz CT molecular complexity index is 541. The van der Waals surface area contributed by atoms with Crippen LogP contribution in [0.25, 0.3) is 10.2 Å². The molecule has 1 aromatic heterocycles. The van der Waals surface area contributed by atoms with Crippen LogP contribution in [-0.2, 0) is 11.0 Å². The minimum absolute atomic E-state index is 0.115. The summed E-state index contributed by atoms with van der Waals surface area (Å²) in [6.45, 7) is 10.7. The summed E-state index contributed by atoms with van der Waals surface area (Å²) in [5.41, 5.74) is 8.28. The number of rotatable bonds is 1. The van der Waals surface area contributed by atoms with E-state index < -0.39 is 0 Å². The van der Waals surface area contributed by atoms with E-state index in [1.54, 1.807) is 11.3 Å². The molecule has 2 rings (SSSR count). The van der Waals surface area contributed by atoms with Crippen LogP contribution in [0, 0.1) is 0 Å². The number of hydrogen-bond donors (Lipinski definition) is 1. The lowest BCUT2D eigenvalue weighted by molar-refractivity contribution is 0.550. The molecule has 0 aliphatic rings. The van der Waals surface area contributed by atoms with E-state index in [0.29, 0.717) is 0 Å². The summed E-state index contributed by atoms with van der Waals surface area (Å²) < 4.78 is 1.23. The number of fused-ring (bicyclic) bond motifs is 1. The Balaban J connectivity index is 2.70.